The molecule has 3 aromatic carbocycles. The highest BCUT2D eigenvalue weighted by molar-refractivity contribution is 6.37. The van der Waals surface area contributed by atoms with Crippen molar-refractivity contribution in [1.29, 1.82) is 0 Å². The van der Waals surface area contributed by atoms with E-state index in [2.05, 4.69) is 15.5 Å². The second-order valence-corrected chi connectivity index (χ2v) is 8.58. The van der Waals surface area contributed by atoms with E-state index in [1.165, 1.54) is 0 Å². The molecule has 0 atom stereocenters. The van der Waals surface area contributed by atoms with E-state index in [1.807, 2.05) is 94.7 Å². The Morgan fingerprint density at radius 1 is 0.889 bits per heavy atom. The van der Waals surface area contributed by atoms with Gasteiger partial charge in [-0.05, 0) is 63.8 Å². The number of rotatable bonds is 11. The first-order valence-corrected chi connectivity index (χ1v) is 12.2. The van der Waals surface area contributed by atoms with Gasteiger partial charge in [0.2, 0.25) is 0 Å². The van der Waals surface area contributed by atoms with Gasteiger partial charge in [0.05, 0.1) is 30.2 Å². The van der Waals surface area contributed by atoms with Crippen molar-refractivity contribution in [3.8, 4) is 17.2 Å². The van der Waals surface area contributed by atoms with Gasteiger partial charge in [-0.25, -0.2) is 0 Å². The first kappa shape index (κ1) is 25.1. The van der Waals surface area contributed by atoms with E-state index in [-0.39, 0.29) is 5.91 Å². The summed E-state index contributed by atoms with van der Waals surface area (Å²) < 4.78 is 17.4. The van der Waals surface area contributed by atoms with E-state index in [0.717, 1.165) is 29.1 Å². The van der Waals surface area contributed by atoms with Crippen molar-refractivity contribution < 1.29 is 19.0 Å². The lowest BCUT2D eigenvalue weighted by Crippen LogP contribution is -2.19. The Morgan fingerprint density at radius 2 is 1.56 bits per heavy atom. The minimum atomic E-state index is -0.184. The van der Waals surface area contributed by atoms with Gasteiger partial charge in [-0.2, -0.15) is 0 Å². The zero-order valence-corrected chi connectivity index (χ0v) is 21.3. The lowest BCUT2D eigenvalue weighted by Gasteiger charge is -2.16. The summed E-state index contributed by atoms with van der Waals surface area (Å²) in [7, 11) is 4.03. The minimum Gasteiger partial charge on any atom is -0.492 e. The van der Waals surface area contributed by atoms with Crippen molar-refractivity contribution in [2.24, 2.45) is 0 Å². The van der Waals surface area contributed by atoms with E-state index < -0.39 is 0 Å². The molecule has 3 aromatic rings. The molecule has 0 aliphatic carbocycles. The first-order valence-electron chi connectivity index (χ1n) is 12.2. The average molecular weight is 488 g/mol. The molecule has 1 aliphatic rings. The summed E-state index contributed by atoms with van der Waals surface area (Å²) in [5.41, 5.74) is 4.46. The van der Waals surface area contributed by atoms with Crippen LogP contribution in [0.1, 0.15) is 25.0 Å². The van der Waals surface area contributed by atoms with Crippen LogP contribution in [-0.4, -0.2) is 51.3 Å². The second kappa shape index (κ2) is 11.6. The number of anilines is 2. The summed E-state index contributed by atoms with van der Waals surface area (Å²) >= 11 is 0. The molecule has 2 N–H and O–H groups in total. The highest BCUT2D eigenvalue weighted by Gasteiger charge is 2.30. The van der Waals surface area contributed by atoms with Gasteiger partial charge in [0, 0.05) is 23.9 Å². The molecule has 4 rings (SSSR count). The number of fused-ring (bicyclic) bond motifs is 1. The number of nitrogens with zero attached hydrogens (tertiary/aromatic N) is 1. The molecule has 7 heteroatoms. The van der Waals surface area contributed by atoms with Gasteiger partial charge >= 0.3 is 0 Å². The Hall–Kier alpha value is -3.97. The van der Waals surface area contributed by atoms with Crippen molar-refractivity contribution in [3.05, 3.63) is 77.9 Å². The maximum Gasteiger partial charge on any atom is 0.258 e. The molecule has 0 saturated heterocycles. The number of benzene rings is 3. The molecular weight excluding hydrogens is 454 g/mol. The first-order chi connectivity index (χ1) is 17.5. The Morgan fingerprint density at radius 3 is 2.19 bits per heavy atom. The largest absolute Gasteiger partial charge is 0.492 e. The van der Waals surface area contributed by atoms with Crippen molar-refractivity contribution in [2.75, 3.05) is 51.1 Å². The Labute approximate surface area is 212 Å². The average Bonchev–Trinajstić information content (AvgIpc) is 3.18. The normalized spacial score (nSPS) is 13.8. The number of hydrogen-bond donors (Lipinski definition) is 2. The summed E-state index contributed by atoms with van der Waals surface area (Å²) in [6.45, 7) is 6.29. The van der Waals surface area contributed by atoms with Crippen LogP contribution in [0, 0.1) is 0 Å². The van der Waals surface area contributed by atoms with E-state index in [4.69, 9.17) is 14.2 Å². The Balaban J connectivity index is 1.73. The predicted octanol–water partition coefficient (Wildman–Crippen LogP) is 5.36. The third-order valence-electron chi connectivity index (χ3n) is 5.67. The molecule has 7 nitrogen and oxygen atoms in total. The quantitative estimate of drug-likeness (QED) is 0.355. The van der Waals surface area contributed by atoms with Crippen molar-refractivity contribution in [1.82, 2.24) is 4.90 Å². The standard InChI is InChI=1S/C29H33N3O4/c1-5-34-25-18-23-24(19-26(25)35-6-2)31-29(33)27(23)28(20-10-8-7-9-11-20)30-21-12-14-22(15-13-21)36-17-16-32(3)4/h7-15,18-19,30H,5-6,16-17H2,1-4H3,(H,31,33)/b28-27-. The summed E-state index contributed by atoms with van der Waals surface area (Å²) in [6, 6.07) is 21.3. The molecule has 188 valence electrons. The van der Waals surface area contributed by atoms with Crippen LogP contribution < -0.4 is 24.8 Å². The van der Waals surface area contributed by atoms with Gasteiger partial charge in [-0.3, -0.25) is 4.79 Å². The summed E-state index contributed by atoms with van der Waals surface area (Å²) in [6.07, 6.45) is 0. The zero-order valence-electron chi connectivity index (χ0n) is 21.3. The molecule has 0 bridgehead atoms. The van der Waals surface area contributed by atoms with Crippen LogP contribution in [0.25, 0.3) is 11.3 Å². The summed E-state index contributed by atoms with van der Waals surface area (Å²) in [5.74, 6) is 1.83. The molecule has 0 spiro atoms. The van der Waals surface area contributed by atoms with Crippen LogP contribution in [-0.2, 0) is 4.79 Å². The van der Waals surface area contributed by atoms with Crippen LogP contribution in [0.5, 0.6) is 17.2 Å². The Bertz CT molecular complexity index is 1220. The minimum absolute atomic E-state index is 0.184. The zero-order chi connectivity index (χ0) is 25.5. The lowest BCUT2D eigenvalue weighted by atomic mass is 9.99. The van der Waals surface area contributed by atoms with E-state index >= 15 is 0 Å². The third kappa shape index (κ3) is 5.80. The SMILES string of the molecule is CCOc1cc2c(cc1OCC)/C(=C(/Nc1ccc(OCCN(C)C)cc1)c1ccccc1)C(=O)N2. The van der Waals surface area contributed by atoms with Gasteiger partial charge in [0.25, 0.3) is 5.91 Å². The number of amides is 1. The van der Waals surface area contributed by atoms with Crippen LogP contribution in [0.2, 0.25) is 0 Å². The monoisotopic (exact) mass is 487 g/mol. The molecule has 1 heterocycles. The Kier molecular flexibility index (Phi) is 8.13. The maximum absolute atomic E-state index is 13.3. The van der Waals surface area contributed by atoms with Crippen molar-refractivity contribution in [3.63, 3.8) is 0 Å². The number of carbonyl (C=O) groups excluding carboxylic acids is 1. The molecule has 0 unspecified atom stereocenters. The molecule has 1 aliphatic heterocycles. The summed E-state index contributed by atoms with van der Waals surface area (Å²) in [5, 5.41) is 6.48. The highest BCUT2D eigenvalue weighted by Crippen LogP contribution is 2.43. The molecule has 0 radical (unpaired) electrons. The van der Waals surface area contributed by atoms with E-state index in [1.54, 1.807) is 0 Å². The fraction of sp³-hybridized carbons (Fsp3) is 0.276. The van der Waals surface area contributed by atoms with Gasteiger partial charge in [-0.1, -0.05) is 30.3 Å². The molecule has 0 fully saturated rings. The molecule has 0 aromatic heterocycles. The molecule has 36 heavy (non-hydrogen) atoms. The van der Waals surface area contributed by atoms with Crippen LogP contribution in [0.4, 0.5) is 11.4 Å². The van der Waals surface area contributed by atoms with E-state index in [0.29, 0.717) is 48.3 Å². The van der Waals surface area contributed by atoms with Gasteiger partial charge in [-0.15, -0.1) is 0 Å². The van der Waals surface area contributed by atoms with Gasteiger partial charge in [0.15, 0.2) is 11.5 Å². The van der Waals surface area contributed by atoms with Crippen molar-refractivity contribution in [2.45, 2.75) is 13.8 Å². The highest BCUT2D eigenvalue weighted by atomic mass is 16.5. The number of likely N-dealkylation sites (N-methyl/N-ethyl adjacent to an activating group) is 1. The molecule has 0 saturated carbocycles. The van der Waals surface area contributed by atoms with Gasteiger partial charge in [0.1, 0.15) is 12.4 Å². The lowest BCUT2D eigenvalue weighted by molar-refractivity contribution is -0.110. The van der Waals surface area contributed by atoms with Crippen LogP contribution >= 0.6 is 0 Å². The van der Waals surface area contributed by atoms with E-state index in [9.17, 15) is 4.79 Å². The number of nitrogens with one attached hydrogen (secondary N) is 2. The second-order valence-electron chi connectivity index (χ2n) is 8.58. The van der Waals surface area contributed by atoms with Crippen molar-refractivity contribution >= 4 is 28.6 Å². The fourth-order valence-corrected chi connectivity index (χ4v) is 3.97. The van der Waals surface area contributed by atoms with Crippen LogP contribution in [0.15, 0.2) is 66.7 Å². The van der Waals surface area contributed by atoms with Gasteiger partial charge < -0.3 is 29.7 Å². The maximum atomic E-state index is 13.3. The topological polar surface area (TPSA) is 72.1 Å². The fourth-order valence-electron chi connectivity index (χ4n) is 3.97. The van der Waals surface area contributed by atoms with Crippen LogP contribution in [0.3, 0.4) is 0 Å². The number of carbonyl (C=O) groups is 1. The smallest absolute Gasteiger partial charge is 0.258 e. The molecular formula is C29H33N3O4. The summed E-state index contributed by atoms with van der Waals surface area (Å²) in [4.78, 5) is 15.4. The number of ether oxygens (including phenoxy) is 3. The predicted molar refractivity (Wildman–Crippen MR) is 145 cm³/mol. The molecule has 1 amide bonds. The third-order valence-corrected chi connectivity index (χ3v) is 5.67. The number of hydrogen-bond acceptors (Lipinski definition) is 6.